The van der Waals surface area contributed by atoms with Gasteiger partial charge in [-0.15, -0.1) is 0 Å². The summed E-state index contributed by atoms with van der Waals surface area (Å²) in [6, 6.07) is 0. The largest absolute Gasteiger partial charge is 0.443 e. The predicted molar refractivity (Wildman–Crippen MR) is 51.5 cm³/mol. The van der Waals surface area contributed by atoms with E-state index in [1.807, 2.05) is 13.8 Å². The van der Waals surface area contributed by atoms with Gasteiger partial charge in [0.2, 0.25) is 0 Å². The van der Waals surface area contributed by atoms with Gasteiger partial charge in [0.1, 0.15) is 5.69 Å². The van der Waals surface area contributed by atoms with Crippen molar-refractivity contribution in [1.29, 1.82) is 0 Å². The molecule has 1 rings (SSSR count). The van der Waals surface area contributed by atoms with Crippen molar-refractivity contribution in [3.05, 3.63) is 24.4 Å². The molecule has 0 aromatic carbocycles. The Bertz CT molecular complexity index is 251. The maximum Gasteiger partial charge on any atom is 0.182 e. The van der Waals surface area contributed by atoms with Gasteiger partial charge in [0.25, 0.3) is 0 Å². The quantitative estimate of drug-likeness (QED) is 0.633. The molecular formula is C9H14N2O. The Morgan fingerprint density at radius 2 is 2.25 bits per heavy atom. The van der Waals surface area contributed by atoms with Gasteiger partial charge in [0, 0.05) is 7.05 Å². The Morgan fingerprint density at radius 3 is 2.75 bits per heavy atom. The first-order chi connectivity index (χ1) is 5.88. The molecule has 3 heteroatoms. The van der Waals surface area contributed by atoms with Gasteiger partial charge in [-0.25, -0.2) is 4.98 Å². The summed E-state index contributed by atoms with van der Waals surface area (Å²) in [6.45, 7) is 7.55. The van der Waals surface area contributed by atoms with E-state index in [9.17, 15) is 0 Å². The topological polar surface area (TPSA) is 38.4 Å². The molecule has 0 saturated carbocycles. The van der Waals surface area contributed by atoms with Gasteiger partial charge in [-0.2, -0.15) is 0 Å². The fraction of sp³-hybridized carbons (Fsp3) is 0.333. The van der Waals surface area contributed by atoms with Gasteiger partial charge in [-0.3, -0.25) is 4.99 Å². The molecule has 0 aliphatic rings. The molecule has 0 N–H and O–H groups in total. The maximum atomic E-state index is 4.95. The minimum atomic E-state index is 0.658. The Labute approximate surface area is 72.8 Å². The molecule has 0 atom stereocenters. The highest BCUT2D eigenvalue weighted by molar-refractivity contribution is 5.80. The van der Waals surface area contributed by atoms with Crippen LogP contribution in [0.15, 0.2) is 22.4 Å². The highest BCUT2D eigenvalue weighted by Gasteiger charge is 1.98. The smallest absolute Gasteiger partial charge is 0.182 e. The fourth-order valence-electron chi connectivity index (χ4n) is 0.636. The van der Waals surface area contributed by atoms with Crippen molar-refractivity contribution in [3.63, 3.8) is 0 Å². The number of aliphatic imine (C=N–C) groups is 1. The summed E-state index contributed by atoms with van der Waals surface area (Å²) in [5.74, 6) is 0.658. The first kappa shape index (κ1) is 10.6. The Hall–Kier alpha value is -1.38. The average molecular weight is 166 g/mol. The SMILES string of the molecule is C=Cc1ocnc1C=NC.CC. The van der Waals surface area contributed by atoms with Crippen LogP contribution >= 0.6 is 0 Å². The lowest BCUT2D eigenvalue weighted by molar-refractivity contribution is 0.548. The molecule has 3 nitrogen and oxygen atoms in total. The lowest BCUT2D eigenvalue weighted by Crippen LogP contribution is -1.82. The van der Waals surface area contributed by atoms with Crippen molar-refractivity contribution in [1.82, 2.24) is 4.98 Å². The van der Waals surface area contributed by atoms with E-state index in [1.54, 1.807) is 19.3 Å². The van der Waals surface area contributed by atoms with Gasteiger partial charge >= 0.3 is 0 Å². The molecule has 0 amide bonds. The summed E-state index contributed by atoms with van der Waals surface area (Å²) < 4.78 is 4.95. The van der Waals surface area contributed by atoms with Crippen LogP contribution < -0.4 is 0 Å². The van der Waals surface area contributed by atoms with Crippen LogP contribution in [-0.4, -0.2) is 18.2 Å². The highest BCUT2D eigenvalue weighted by Crippen LogP contribution is 2.04. The summed E-state index contributed by atoms with van der Waals surface area (Å²) in [4.78, 5) is 7.68. The monoisotopic (exact) mass is 166 g/mol. The number of hydrogen-bond donors (Lipinski definition) is 0. The third-order valence-corrected chi connectivity index (χ3v) is 1.06. The normalized spacial score (nSPS) is 9.25. The van der Waals surface area contributed by atoms with E-state index in [0.717, 1.165) is 5.69 Å². The van der Waals surface area contributed by atoms with Gasteiger partial charge in [-0.05, 0) is 6.08 Å². The second-order valence-corrected chi connectivity index (χ2v) is 1.69. The molecule has 0 aliphatic heterocycles. The van der Waals surface area contributed by atoms with Crippen LogP contribution in [0.3, 0.4) is 0 Å². The van der Waals surface area contributed by atoms with Crippen molar-refractivity contribution >= 4 is 12.3 Å². The molecule has 0 bridgehead atoms. The molecule has 0 radical (unpaired) electrons. The zero-order valence-corrected chi connectivity index (χ0v) is 7.74. The second-order valence-electron chi connectivity index (χ2n) is 1.69. The minimum Gasteiger partial charge on any atom is -0.443 e. The molecule has 0 fully saturated rings. The standard InChI is InChI=1S/C7H8N2O.C2H6/c1-3-7-6(4-8-2)9-5-10-7;1-2/h3-5H,1H2,2H3;1-2H3. The molecule has 1 aromatic heterocycles. The molecular weight excluding hydrogens is 152 g/mol. The molecule has 1 aromatic rings. The van der Waals surface area contributed by atoms with Crippen LogP contribution in [0.1, 0.15) is 25.3 Å². The number of nitrogens with zero attached hydrogens (tertiary/aromatic N) is 2. The second kappa shape index (κ2) is 6.34. The van der Waals surface area contributed by atoms with E-state index in [0.29, 0.717) is 5.76 Å². The Balaban J connectivity index is 0.000000561. The summed E-state index contributed by atoms with van der Waals surface area (Å²) in [5, 5.41) is 0. The fourth-order valence-corrected chi connectivity index (χ4v) is 0.636. The van der Waals surface area contributed by atoms with Crippen LogP contribution in [0, 0.1) is 0 Å². The van der Waals surface area contributed by atoms with E-state index in [1.165, 1.54) is 6.39 Å². The summed E-state index contributed by atoms with van der Waals surface area (Å²) >= 11 is 0. The van der Waals surface area contributed by atoms with Crippen LogP contribution in [0.25, 0.3) is 6.08 Å². The third-order valence-electron chi connectivity index (χ3n) is 1.06. The first-order valence-corrected chi connectivity index (χ1v) is 3.86. The number of hydrogen-bond acceptors (Lipinski definition) is 3. The van der Waals surface area contributed by atoms with Crippen molar-refractivity contribution in [3.8, 4) is 0 Å². The zero-order valence-electron chi connectivity index (χ0n) is 7.74. The maximum absolute atomic E-state index is 4.95. The molecule has 0 saturated heterocycles. The lowest BCUT2D eigenvalue weighted by atomic mass is 10.3. The zero-order chi connectivity index (χ0) is 9.40. The van der Waals surface area contributed by atoms with Crippen LogP contribution in [-0.2, 0) is 0 Å². The number of aromatic nitrogens is 1. The van der Waals surface area contributed by atoms with E-state index in [-0.39, 0.29) is 0 Å². The predicted octanol–water partition coefficient (Wildman–Crippen LogP) is 2.39. The first-order valence-electron chi connectivity index (χ1n) is 3.86. The van der Waals surface area contributed by atoms with Gasteiger partial charge < -0.3 is 4.42 Å². The van der Waals surface area contributed by atoms with Crippen molar-refractivity contribution in [2.45, 2.75) is 13.8 Å². The highest BCUT2D eigenvalue weighted by atomic mass is 16.3. The molecule has 0 aliphatic carbocycles. The van der Waals surface area contributed by atoms with E-state index in [4.69, 9.17) is 4.42 Å². The number of oxazole rings is 1. The summed E-state index contributed by atoms with van der Waals surface area (Å²) in [6.07, 6.45) is 4.60. The van der Waals surface area contributed by atoms with Crippen LogP contribution in [0.2, 0.25) is 0 Å². The molecule has 66 valence electrons. The van der Waals surface area contributed by atoms with E-state index in [2.05, 4.69) is 16.6 Å². The van der Waals surface area contributed by atoms with Crippen LogP contribution in [0.5, 0.6) is 0 Å². The summed E-state index contributed by atoms with van der Waals surface area (Å²) in [5.41, 5.74) is 0.720. The Kier molecular flexibility index (Phi) is 5.61. The third kappa shape index (κ3) is 2.70. The summed E-state index contributed by atoms with van der Waals surface area (Å²) in [7, 11) is 1.68. The average Bonchev–Trinajstić information content (AvgIpc) is 2.56. The minimum absolute atomic E-state index is 0.658. The molecule has 1 heterocycles. The molecule has 12 heavy (non-hydrogen) atoms. The van der Waals surface area contributed by atoms with E-state index >= 15 is 0 Å². The number of rotatable bonds is 2. The van der Waals surface area contributed by atoms with E-state index < -0.39 is 0 Å². The van der Waals surface area contributed by atoms with Gasteiger partial charge in [-0.1, -0.05) is 20.4 Å². The molecule has 0 spiro atoms. The van der Waals surface area contributed by atoms with Gasteiger partial charge in [0.05, 0.1) is 6.21 Å². The van der Waals surface area contributed by atoms with Gasteiger partial charge in [0.15, 0.2) is 12.2 Å². The van der Waals surface area contributed by atoms with Crippen LogP contribution in [0.4, 0.5) is 0 Å². The Morgan fingerprint density at radius 1 is 1.58 bits per heavy atom. The van der Waals surface area contributed by atoms with Crippen molar-refractivity contribution in [2.75, 3.05) is 7.05 Å². The van der Waals surface area contributed by atoms with Crippen molar-refractivity contribution < 1.29 is 4.42 Å². The van der Waals surface area contributed by atoms with Crippen molar-refractivity contribution in [2.24, 2.45) is 4.99 Å². The molecule has 0 unspecified atom stereocenters. The lowest BCUT2D eigenvalue weighted by Gasteiger charge is -1.82.